The van der Waals surface area contributed by atoms with Crippen LogP contribution in [0.1, 0.15) is 59.3 Å². The summed E-state index contributed by atoms with van der Waals surface area (Å²) in [7, 11) is 0. The van der Waals surface area contributed by atoms with Gasteiger partial charge in [-0.3, -0.25) is 9.59 Å². The molecule has 26 heavy (non-hydrogen) atoms. The Balaban J connectivity index is 1.84. The smallest absolute Gasteiger partial charge is 0.159 e. The van der Waals surface area contributed by atoms with Crippen LogP contribution < -0.4 is 0 Å². The van der Waals surface area contributed by atoms with Crippen LogP contribution in [0.15, 0.2) is 11.6 Å². The van der Waals surface area contributed by atoms with Gasteiger partial charge in [-0.25, -0.2) is 0 Å². The number of ether oxygens (including phenoxy) is 1. The van der Waals surface area contributed by atoms with Gasteiger partial charge in [-0.1, -0.05) is 13.8 Å². The van der Waals surface area contributed by atoms with Crippen molar-refractivity contribution in [2.45, 2.75) is 71.2 Å². The largest absolute Gasteiger partial charge is 0.396 e. The molecule has 1 spiro atoms. The molecule has 1 heterocycles. The van der Waals surface area contributed by atoms with Crippen molar-refractivity contribution in [1.82, 2.24) is 0 Å². The van der Waals surface area contributed by atoms with Crippen molar-refractivity contribution in [2.75, 3.05) is 6.61 Å². The highest BCUT2D eigenvalue weighted by atomic mass is 16.6. The summed E-state index contributed by atoms with van der Waals surface area (Å²) < 4.78 is 6.20. The maximum absolute atomic E-state index is 13.0. The molecule has 0 radical (unpaired) electrons. The molecule has 4 aliphatic rings. The van der Waals surface area contributed by atoms with Gasteiger partial charge < -0.3 is 14.9 Å². The maximum Gasteiger partial charge on any atom is 0.159 e. The number of aliphatic hydroxyl groups is 2. The lowest BCUT2D eigenvalue weighted by atomic mass is 9.48. The van der Waals surface area contributed by atoms with Gasteiger partial charge in [0.05, 0.1) is 5.60 Å². The minimum atomic E-state index is -0.884. The van der Waals surface area contributed by atoms with E-state index in [1.165, 1.54) is 0 Å². The van der Waals surface area contributed by atoms with Gasteiger partial charge in [0, 0.05) is 30.3 Å². The SMILES string of the molecule is CC(=O)[C@H]1CC[C@H]2C3=CC(=O)C(CCO)[C@]4(C)CC(O)O[C@]34CC[C@]12C. The first-order valence-electron chi connectivity index (χ1n) is 9.93. The lowest BCUT2D eigenvalue weighted by molar-refractivity contribution is -0.171. The third-order valence-corrected chi connectivity index (χ3v) is 8.37. The number of allylic oxidation sites excluding steroid dienone is 1. The highest BCUT2D eigenvalue weighted by Gasteiger charge is 2.70. The number of hydrogen-bond acceptors (Lipinski definition) is 5. The number of carbonyl (C=O) groups excluding carboxylic acids is 2. The van der Waals surface area contributed by atoms with Crippen molar-refractivity contribution in [3.05, 3.63) is 11.6 Å². The standard InChI is InChI=1S/C21H30O5/c1-12(23)13-4-5-14-16-10-17(24)15(6-9-22)20(3)11-18(25)26-21(16,20)8-7-19(13,14)2/h10,13-15,18,22,25H,4-9,11H2,1-3H3/t13-,14+,15?,18?,19-,20+,21-/m1/s1. The summed E-state index contributed by atoms with van der Waals surface area (Å²) in [5, 5.41) is 19.9. The van der Waals surface area contributed by atoms with E-state index in [4.69, 9.17) is 4.74 Å². The van der Waals surface area contributed by atoms with Gasteiger partial charge in [0.1, 0.15) is 5.78 Å². The van der Waals surface area contributed by atoms with Crippen molar-refractivity contribution < 1.29 is 24.5 Å². The zero-order chi connectivity index (χ0) is 18.9. The first-order valence-corrected chi connectivity index (χ1v) is 9.93. The summed E-state index contributed by atoms with van der Waals surface area (Å²) in [5.41, 5.74) is -0.277. The fourth-order valence-electron chi connectivity index (χ4n) is 7.11. The Morgan fingerprint density at radius 2 is 2.04 bits per heavy atom. The van der Waals surface area contributed by atoms with Gasteiger partial charge in [0.15, 0.2) is 12.1 Å². The number of aliphatic hydroxyl groups excluding tert-OH is 2. The number of ketones is 2. The highest BCUT2D eigenvalue weighted by molar-refractivity contribution is 5.95. The van der Waals surface area contributed by atoms with Crippen molar-refractivity contribution >= 4 is 11.6 Å². The topological polar surface area (TPSA) is 83.8 Å². The highest BCUT2D eigenvalue weighted by Crippen LogP contribution is 2.69. The van der Waals surface area contributed by atoms with Crippen LogP contribution in [-0.2, 0) is 14.3 Å². The third-order valence-electron chi connectivity index (χ3n) is 8.37. The Bertz CT molecular complexity index is 684. The predicted molar refractivity (Wildman–Crippen MR) is 95.1 cm³/mol. The molecule has 144 valence electrons. The second-order valence-corrected chi connectivity index (χ2v) is 9.39. The number of rotatable bonds is 3. The zero-order valence-corrected chi connectivity index (χ0v) is 16.0. The first-order chi connectivity index (χ1) is 12.2. The van der Waals surface area contributed by atoms with Crippen molar-refractivity contribution in [2.24, 2.45) is 28.6 Å². The average Bonchev–Trinajstić information content (AvgIpc) is 3.03. The molecule has 0 bridgehead atoms. The van der Waals surface area contributed by atoms with E-state index in [2.05, 4.69) is 13.8 Å². The first kappa shape index (κ1) is 18.3. The van der Waals surface area contributed by atoms with Crippen molar-refractivity contribution in [3.63, 3.8) is 0 Å². The van der Waals surface area contributed by atoms with Crippen molar-refractivity contribution in [1.29, 1.82) is 0 Å². The summed E-state index contributed by atoms with van der Waals surface area (Å²) in [5.74, 6) is 0.132. The lowest BCUT2D eigenvalue weighted by Gasteiger charge is -2.58. The molecule has 2 N–H and O–H groups in total. The molecule has 0 aromatic rings. The van der Waals surface area contributed by atoms with Gasteiger partial charge in [-0.05, 0) is 62.0 Å². The minimum absolute atomic E-state index is 0.0357. The molecule has 7 atom stereocenters. The molecule has 3 fully saturated rings. The molecule has 0 amide bonds. The van der Waals surface area contributed by atoms with E-state index in [-0.39, 0.29) is 41.3 Å². The van der Waals surface area contributed by atoms with Crippen LogP contribution in [0.3, 0.4) is 0 Å². The van der Waals surface area contributed by atoms with Crippen LogP contribution in [0.2, 0.25) is 0 Å². The molecule has 1 aliphatic heterocycles. The van der Waals surface area contributed by atoms with Gasteiger partial charge in [-0.15, -0.1) is 0 Å². The molecule has 5 nitrogen and oxygen atoms in total. The Morgan fingerprint density at radius 1 is 1.31 bits per heavy atom. The Hall–Kier alpha value is -1.04. The van der Waals surface area contributed by atoms with Crippen LogP contribution >= 0.6 is 0 Å². The Kier molecular flexibility index (Phi) is 4.04. The Morgan fingerprint density at radius 3 is 2.69 bits per heavy atom. The summed E-state index contributed by atoms with van der Waals surface area (Å²) in [4.78, 5) is 25.2. The fraction of sp³-hybridized carbons (Fsp3) is 0.810. The van der Waals surface area contributed by atoms with E-state index in [0.29, 0.717) is 12.8 Å². The zero-order valence-electron chi connectivity index (χ0n) is 16.0. The average molecular weight is 362 g/mol. The molecular weight excluding hydrogens is 332 g/mol. The second-order valence-electron chi connectivity index (χ2n) is 9.39. The minimum Gasteiger partial charge on any atom is -0.396 e. The van der Waals surface area contributed by atoms with Gasteiger partial charge in [0.2, 0.25) is 0 Å². The number of fused-ring (bicyclic) bond motifs is 2. The van der Waals surface area contributed by atoms with Gasteiger partial charge in [0.25, 0.3) is 0 Å². The predicted octanol–water partition coefficient (Wildman–Crippen LogP) is 2.39. The number of carbonyl (C=O) groups is 2. The molecular formula is C21H30O5. The van der Waals surface area contributed by atoms with Crippen LogP contribution in [-0.4, -0.2) is 40.3 Å². The van der Waals surface area contributed by atoms with Crippen LogP contribution in [0.4, 0.5) is 0 Å². The van der Waals surface area contributed by atoms with Crippen LogP contribution in [0, 0.1) is 28.6 Å². The summed E-state index contributed by atoms with van der Waals surface area (Å²) in [6.07, 6.45) is 5.02. The van der Waals surface area contributed by atoms with Gasteiger partial charge in [-0.2, -0.15) is 0 Å². The molecule has 2 saturated carbocycles. The van der Waals surface area contributed by atoms with Crippen molar-refractivity contribution in [3.8, 4) is 0 Å². The molecule has 1 saturated heterocycles. The Labute approximate surface area is 154 Å². The molecule has 4 rings (SSSR count). The maximum atomic E-state index is 13.0. The fourth-order valence-corrected chi connectivity index (χ4v) is 7.11. The van der Waals surface area contributed by atoms with E-state index in [9.17, 15) is 19.8 Å². The molecule has 2 unspecified atom stereocenters. The summed E-state index contributed by atoms with van der Waals surface area (Å²) in [6.45, 7) is 5.88. The quantitative estimate of drug-likeness (QED) is 0.805. The third kappa shape index (κ3) is 2.08. The number of Topliss-reactive ketones (excluding diaryl/α,β-unsaturated/α-hetero) is 1. The van der Waals surface area contributed by atoms with E-state index in [1.807, 2.05) is 0 Å². The number of hydrogen-bond donors (Lipinski definition) is 2. The summed E-state index contributed by atoms with van der Waals surface area (Å²) >= 11 is 0. The molecule has 5 heteroatoms. The van der Waals surface area contributed by atoms with E-state index in [0.717, 1.165) is 31.3 Å². The van der Waals surface area contributed by atoms with E-state index >= 15 is 0 Å². The van der Waals surface area contributed by atoms with Gasteiger partial charge >= 0.3 is 0 Å². The molecule has 3 aliphatic carbocycles. The molecule has 0 aromatic heterocycles. The monoisotopic (exact) mass is 362 g/mol. The van der Waals surface area contributed by atoms with E-state index in [1.54, 1.807) is 13.0 Å². The molecule has 0 aromatic carbocycles. The summed E-state index contributed by atoms with van der Waals surface area (Å²) in [6, 6.07) is 0. The normalized spacial score (nSPS) is 50.0. The van der Waals surface area contributed by atoms with Crippen LogP contribution in [0.5, 0.6) is 0 Å². The lowest BCUT2D eigenvalue weighted by Crippen LogP contribution is -2.59. The van der Waals surface area contributed by atoms with Crippen LogP contribution in [0.25, 0.3) is 0 Å². The second kappa shape index (κ2) is 5.73. The van der Waals surface area contributed by atoms with E-state index < -0.39 is 17.3 Å².